The number of hydrogen-bond acceptors (Lipinski definition) is 6. The van der Waals surface area contributed by atoms with E-state index in [1.807, 2.05) is 48.2 Å². The SMILES string of the molecule is CCOC(=O)C1=C(C)N=C2Sc3ccccc3N2C1c1ccccc1O. The number of thioether (sulfide) groups is 1. The number of phenolic OH excluding ortho intramolecular Hbond substituents is 1. The molecule has 2 heterocycles. The van der Waals surface area contributed by atoms with E-state index in [1.165, 1.54) is 0 Å². The maximum atomic E-state index is 12.7. The second-order valence-electron chi connectivity index (χ2n) is 6.02. The van der Waals surface area contributed by atoms with Crippen LogP contribution in [0.4, 0.5) is 5.69 Å². The quantitative estimate of drug-likeness (QED) is 0.823. The largest absolute Gasteiger partial charge is 0.508 e. The fourth-order valence-electron chi connectivity index (χ4n) is 3.33. The Bertz CT molecular complexity index is 952. The normalized spacial score (nSPS) is 18.3. The van der Waals surface area contributed by atoms with Gasteiger partial charge in [-0.05, 0) is 43.8 Å². The molecule has 0 fully saturated rings. The molecule has 2 aliphatic heterocycles. The van der Waals surface area contributed by atoms with E-state index in [0.717, 1.165) is 15.8 Å². The number of ether oxygens (including phenoxy) is 1. The van der Waals surface area contributed by atoms with Crippen LogP contribution in [0.15, 0.2) is 69.7 Å². The van der Waals surface area contributed by atoms with Crippen LogP contribution in [-0.4, -0.2) is 22.9 Å². The van der Waals surface area contributed by atoms with Gasteiger partial charge < -0.3 is 14.7 Å². The van der Waals surface area contributed by atoms with Gasteiger partial charge in [0.05, 0.1) is 29.6 Å². The number of hydrogen-bond donors (Lipinski definition) is 1. The second-order valence-corrected chi connectivity index (χ2v) is 7.02. The summed E-state index contributed by atoms with van der Waals surface area (Å²) in [7, 11) is 0. The minimum Gasteiger partial charge on any atom is -0.508 e. The van der Waals surface area contributed by atoms with Crippen molar-refractivity contribution in [2.45, 2.75) is 24.8 Å². The van der Waals surface area contributed by atoms with Crippen molar-refractivity contribution in [1.82, 2.24) is 0 Å². The molecule has 4 rings (SSSR count). The number of rotatable bonds is 3. The highest BCUT2D eigenvalue weighted by atomic mass is 32.2. The Hall–Kier alpha value is -2.73. The molecule has 0 aromatic heterocycles. The van der Waals surface area contributed by atoms with E-state index in [-0.39, 0.29) is 12.4 Å². The van der Waals surface area contributed by atoms with Crippen LogP contribution in [0, 0.1) is 0 Å². The van der Waals surface area contributed by atoms with Crippen LogP contribution >= 0.6 is 11.8 Å². The average molecular weight is 366 g/mol. The molecule has 5 nitrogen and oxygen atoms in total. The number of nitrogens with zero attached hydrogens (tertiary/aromatic N) is 2. The van der Waals surface area contributed by atoms with Crippen LogP contribution in [-0.2, 0) is 9.53 Å². The fraction of sp³-hybridized carbons (Fsp3) is 0.200. The molecular weight excluding hydrogens is 348 g/mol. The number of esters is 1. The van der Waals surface area contributed by atoms with E-state index in [0.29, 0.717) is 16.8 Å². The molecule has 2 aromatic carbocycles. The lowest BCUT2D eigenvalue weighted by molar-refractivity contribution is -0.138. The third-order valence-electron chi connectivity index (χ3n) is 4.44. The van der Waals surface area contributed by atoms with Crippen molar-refractivity contribution in [3.8, 4) is 5.75 Å². The van der Waals surface area contributed by atoms with E-state index in [4.69, 9.17) is 4.74 Å². The predicted molar refractivity (Wildman–Crippen MR) is 102 cm³/mol. The summed E-state index contributed by atoms with van der Waals surface area (Å²) in [6.07, 6.45) is 0. The third kappa shape index (κ3) is 2.57. The number of anilines is 1. The number of fused-ring (bicyclic) bond motifs is 3. The number of benzene rings is 2. The number of carbonyl (C=O) groups is 1. The van der Waals surface area contributed by atoms with Crippen molar-refractivity contribution in [3.63, 3.8) is 0 Å². The summed E-state index contributed by atoms with van der Waals surface area (Å²) in [6, 6.07) is 14.6. The lowest BCUT2D eigenvalue weighted by Gasteiger charge is -2.35. The zero-order chi connectivity index (χ0) is 18.3. The minimum atomic E-state index is -0.487. The summed E-state index contributed by atoms with van der Waals surface area (Å²) in [4.78, 5) is 20.5. The number of carbonyl (C=O) groups excluding carboxylic acids is 1. The van der Waals surface area contributed by atoms with Crippen LogP contribution < -0.4 is 4.90 Å². The van der Waals surface area contributed by atoms with Gasteiger partial charge in [0.2, 0.25) is 0 Å². The first kappa shape index (κ1) is 16.7. The highest BCUT2D eigenvalue weighted by molar-refractivity contribution is 8.14. The molecule has 26 heavy (non-hydrogen) atoms. The van der Waals surface area contributed by atoms with Gasteiger partial charge in [0, 0.05) is 10.5 Å². The lowest BCUT2D eigenvalue weighted by atomic mass is 9.93. The summed E-state index contributed by atoms with van der Waals surface area (Å²) in [5.74, 6) is -0.266. The minimum absolute atomic E-state index is 0.141. The van der Waals surface area contributed by atoms with Crippen LogP contribution in [0.3, 0.4) is 0 Å². The van der Waals surface area contributed by atoms with Crippen LogP contribution in [0.25, 0.3) is 0 Å². The molecule has 0 saturated carbocycles. The van der Waals surface area contributed by atoms with Crippen molar-refractivity contribution < 1.29 is 14.6 Å². The summed E-state index contributed by atoms with van der Waals surface area (Å²) < 4.78 is 5.30. The molecule has 1 unspecified atom stereocenters. The number of aromatic hydroxyl groups is 1. The van der Waals surface area contributed by atoms with Crippen LogP contribution in [0.2, 0.25) is 0 Å². The van der Waals surface area contributed by atoms with Crippen molar-refractivity contribution in [3.05, 3.63) is 65.4 Å². The summed E-state index contributed by atoms with van der Waals surface area (Å²) in [5.41, 5.74) is 2.69. The van der Waals surface area contributed by atoms with Gasteiger partial charge in [0.1, 0.15) is 5.75 Å². The number of aliphatic imine (C=N–C) groups is 1. The molecular formula is C20H18N2O3S. The van der Waals surface area contributed by atoms with Gasteiger partial charge >= 0.3 is 5.97 Å². The Morgan fingerprint density at radius 2 is 1.96 bits per heavy atom. The first-order chi connectivity index (χ1) is 12.6. The molecule has 2 aromatic rings. The maximum Gasteiger partial charge on any atom is 0.338 e. The van der Waals surface area contributed by atoms with Crippen molar-refractivity contribution >= 4 is 28.6 Å². The van der Waals surface area contributed by atoms with E-state index < -0.39 is 12.0 Å². The molecule has 0 bridgehead atoms. The smallest absolute Gasteiger partial charge is 0.338 e. The Balaban J connectivity index is 1.93. The predicted octanol–water partition coefficient (Wildman–Crippen LogP) is 4.25. The van der Waals surface area contributed by atoms with Crippen molar-refractivity contribution in [2.75, 3.05) is 11.5 Å². The number of para-hydroxylation sites is 2. The monoisotopic (exact) mass is 366 g/mol. The van der Waals surface area contributed by atoms with E-state index in [1.54, 1.807) is 30.8 Å². The third-order valence-corrected chi connectivity index (χ3v) is 5.48. The molecule has 0 spiro atoms. The molecule has 2 aliphatic rings. The van der Waals surface area contributed by atoms with Gasteiger partial charge in [0.25, 0.3) is 0 Å². The first-order valence-electron chi connectivity index (χ1n) is 8.42. The van der Waals surface area contributed by atoms with Gasteiger partial charge in [-0.25, -0.2) is 9.79 Å². The van der Waals surface area contributed by atoms with Crippen molar-refractivity contribution in [1.29, 1.82) is 0 Å². The topological polar surface area (TPSA) is 62.1 Å². The van der Waals surface area contributed by atoms with Gasteiger partial charge in [-0.1, -0.05) is 30.3 Å². The van der Waals surface area contributed by atoms with Crippen molar-refractivity contribution in [2.24, 2.45) is 4.99 Å². The van der Waals surface area contributed by atoms with E-state index in [2.05, 4.69) is 4.99 Å². The zero-order valence-electron chi connectivity index (χ0n) is 14.5. The Kier molecular flexibility index (Phi) is 4.20. The molecule has 6 heteroatoms. The summed E-state index contributed by atoms with van der Waals surface area (Å²) >= 11 is 1.56. The lowest BCUT2D eigenvalue weighted by Crippen LogP contribution is -2.37. The second kappa shape index (κ2) is 6.53. The van der Waals surface area contributed by atoms with Gasteiger partial charge in [-0.2, -0.15) is 0 Å². The zero-order valence-corrected chi connectivity index (χ0v) is 15.3. The summed E-state index contributed by atoms with van der Waals surface area (Å²) in [6.45, 7) is 3.87. The van der Waals surface area contributed by atoms with Crippen LogP contribution in [0.5, 0.6) is 5.75 Å². The van der Waals surface area contributed by atoms with E-state index >= 15 is 0 Å². The van der Waals surface area contributed by atoms with Gasteiger partial charge in [0.15, 0.2) is 5.17 Å². The molecule has 0 aliphatic carbocycles. The van der Waals surface area contributed by atoms with Gasteiger partial charge in [-0.15, -0.1) is 0 Å². The van der Waals surface area contributed by atoms with E-state index in [9.17, 15) is 9.90 Å². The Labute approximate surface area is 156 Å². The molecule has 0 amide bonds. The highest BCUT2D eigenvalue weighted by Crippen LogP contribution is 2.50. The molecule has 0 radical (unpaired) electrons. The number of allylic oxidation sites excluding steroid dienone is 1. The summed E-state index contributed by atoms with van der Waals surface area (Å²) in [5, 5.41) is 11.3. The highest BCUT2D eigenvalue weighted by Gasteiger charge is 2.42. The number of amidine groups is 1. The fourth-order valence-corrected chi connectivity index (χ4v) is 4.43. The molecule has 1 atom stereocenters. The Morgan fingerprint density at radius 1 is 1.23 bits per heavy atom. The Morgan fingerprint density at radius 3 is 2.73 bits per heavy atom. The standard InChI is InChI=1S/C20H18N2O3S/c1-3-25-19(24)17-12(2)21-20-22(14-9-5-7-11-16(14)26-20)18(17)13-8-4-6-10-15(13)23/h4-11,18,23H,3H2,1-2H3. The first-order valence-corrected chi connectivity index (χ1v) is 9.24. The maximum absolute atomic E-state index is 12.7. The molecule has 132 valence electrons. The average Bonchev–Trinajstić information content (AvgIpc) is 2.99. The molecule has 1 N–H and O–H groups in total. The van der Waals surface area contributed by atoms with Crippen LogP contribution in [0.1, 0.15) is 25.5 Å². The molecule has 0 saturated heterocycles. The van der Waals surface area contributed by atoms with Gasteiger partial charge in [-0.3, -0.25) is 0 Å². The number of phenols is 1.